The van der Waals surface area contributed by atoms with E-state index in [9.17, 15) is 9.59 Å². The number of rotatable bonds is 9. The molecule has 0 aliphatic heterocycles. The van der Waals surface area contributed by atoms with Crippen LogP contribution < -0.4 is 15.5 Å². The van der Waals surface area contributed by atoms with Gasteiger partial charge in [-0.15, -0.1) is 0 Å². The molecule has 0 saturated heterocycles. The average molecular weight is 557 g/mol. The molecule has 0 heterocycles. The van der Waals surface area contributed by atoms with E-state index in [1.54, 1.807) is 12.1 Å². The molecule has 0 aliphatic carbocycles. The predicted molar refractivity (Wildman–Crippen MR) is 143 cm³/mol. The lowest BCUT2D eigenvalue weighted by atomic mass is 10.0. The third kappa shape index (κ3) is 7.94. The molecule has 0 fully saturated rings. The summed E-state index contributed by atoms with van der Waals surface area (Å²) >= 11 is 9.42. The number of ether oxygens (including phenoxy) is 1. The number of aryl methyl sites for hydroxylation is 1. The summed E-state index contributed by atoms with van der Waals surface area (Å²) in [6, 6.07) is 19.4. The second-order valence-corrected chi connectivity index (χ2v) is 9.69. The van der Waals surface area contributed by atoms with Crippen molar-refractivity contribution in [2.75, 3.05) is 0 Å². The topological polar surface area (TPSA) is 79.8 Å². The van der Waals surface area contributed by atoms with E-state index in [0.717, 1.165) is 21.2 Å². The molecule has 0 aliphatic rings. The second-order valence-electron chi connectivity index (χ2n) is 8.40. The Labute approximate surface area is 218 Å². The van der Waals surface area contributed by atoms with Crippen LogP contribution in [-0.4, -0.2) is 24.1 Å². The smallest absolute Gasteiger partial charge is 0.262 e. The summed E-state index contributed by atoms with van der Waals surface area (Å²) in [7, 11) is 0. The minimum Gasteiger partial charge on any atom is -0.488 e. The summed E-state index contributed by atoms with van der Waals surface area (Å²) in [5.41, 5.74) is 5.85. The molecule has 0 aromatic heterocycles. The lowest BCUT2D eigenvalue weighted by molar-refractivity contribution is -0.123. The van der Waals surface area contributed by atoms with Crippen molar-refractivity contribution in [2.45, 2.75) is 33.4 Å². The first-order valence-electron chi connectivity index (χ1n) is 11.1. The van der Waals surface area contributed by atoms with E-state index in [1.165, 1.54) is 6.21 Å². The number of hydrazone groups is 1. The van der Waals surface area contributed by atoms with Crippen LogP contribution in [0.2, 0.25) is 5.02 Å². The van der Waals surface area contributed by atoms with Gasteiger partial charge in [-0.25, -0.2) is 5.43 Å². The maximum atomic E-state index is 12.7. The van der Waals surface area contributed by atoms with E-state index >= 15 is 0 Å². The highest BCUT2D eigenvalue weighted by atomic mass is 79.9. The maximum absolute atomic E-state index is 12.7. The monoisotopic (exact) mass is 555 g/mol. The molecule has 3 aromatic rings. The highest BCUT2D eigenvalue weighted by molar-refractivity contribution is 9.10. The largest absolute Gasteiger partial charge is 0.488 e. The minimum absolute atomic E-state index is 0.120. The van der Waals surface area contributed by atoms with Gasteiger partial charge in [0.05, 0.1) is 10.7 Å². The fourth-order valence-electron chi connectivity index (χ4n) is 3.16. The molecule has 35 heavy (non-hydrogen) atoms. The zero-order chi connectivity index (χ0) is 25.4. The molecule has 0 spiro atoms. The van der Waals surface area contributed by atoms with Crippen LogP contribution in [0.3, 0.4) is 0 Å². The normalized spacial score (nSPS) is 11.9. The number of hydrogen-bond donors (Lipinski definition) is 2. The first kappa shape index (κ1) is 26.4. The molecule has 0 radical (unpaired) electrons. The van der Waals surface area contributed by atoms with Crippen LogP contribution in [0.4, 0.5) is 0 Å². The number of carbonyl (C=O) groups is 2. The Morgan fingerprint density at radius 1 is 1.06 bits per heavy atom. The van der Waals surface area contributed by atoms with Gasteiger partial charge in [-0.2, -0.15) is 5.10 Å². The molecular formula is C27H27BrClN3O3. The highest BCUT2D eigenvalue weighted by Gasteiger charge is 2.24. The second kappa shape index (κ2) is 12.5. The molecule has 182 valence electrons. The third-order valence-corrected chi connectivity index (χ3v) is 6.07. The lowest BCUT2D eigenvalue weighted by Gasteiger charge is -2.20. The van der Waals surface area contributed by atoms with Crippen LogP contribution in [0.5, 0.6) is 5.75 Å². The summed E-state index contributed by atoms with van der Waals surface area (Å²) in [6.45, 7) is 6.08. The van der Waals surface area contributed by atoms with Crippen LogP contribution in [0.1, 0.15) is 40.9 Å². The maximum Gasteiger partial charge on any atom is 0.262 e. The van der Waals surface area contributed by atoms with Gasteiger partial charge in [-0.1, -0.05) is 55.3 Å². The summed E-state index contributed by atoms with van der Waals surface area (Å²) in [5, 5.41) is 7.53. The Balaban J connectivity index is 1.56. The van der Waals surface area contributed by atoms with Gasteiger partial charge in [0.15, 0.2) is 0 Å². The van der Waals surface area contributed by atoms with Gasteiger partial charge in [0, 0.05) is 10.6 Å². The lowest BCUT2D eigenvalue weighted by Crippen LogP contribution is -2.48. The number of halogens is 2. The number of benzene rings is 3. The first-order valence-corrected chi connectivity index (χ1v) is 12.3. The van der Waals surface area contributed by atoms with Crippen molar-refractivity contribution in [1.82, 2.24) is 10.7 Å². The van der Waals surface area contributed by atoms with E-state index in [1.807, 2.05) is 75.4 Å². The SMILES string of the molecule is Cc1ccc(C(=O)NC(C(=O)N/N=C\c2ccc(OCc3ccc(Cl)cc3)c(Br)c2)C(C)C)cc1. The quantitative estimate of drug-likeness (QED) is 0.255. The third-order valence-electron chi connectivity index (χ3n) is 5.20. The van der Waals surface area contributed by atoms with Crippen molar-refractivity contribution in [2.24, 2.45) is 11.0 Å². The summed E-state index contributed by atoms with van der Waals surface area (Å²) in [6.07, 6.45) is 1.53. The van der Waals surface area contributed by atoms with E-state index in [4.69, 9.17) is 16.3 Å². The first-order chi connectivity index (χ1) is 16.7. The molecule has 1 unspecified atom stereocenters. The molecule has 1 atom stereocenters. The zero-order valence-corrected chi connectivity index (χ0v) is 22.1. The molecule has 2 amide bonds. The van der Waals surface area contributed by atoms with Crippen molar-refractivity contribution in [1.29, 1.82) is 0 Å². The van der Waals surface area contributed by atoms with Crippen LogP contribution in [0.15, 0.2) is 76.3 Å². The van der Waals surface area contributed by atoms with Gasteiger partial charge >= 0.3 is 0 Å². The fraction of sp³-hybridized carbons (Fsp3) is 0.222. The molecule has 3 aromatic carbocycles. The van der Waals surface area contributed by atoms with Gasteiger partial charge in [0.2, 0.25) is 0 Å². The van der Waals surface area contributed by atoms with Crippen LogP contribution in [0.25, 0.3) is 0 Å². The van der Waals surface area contributed by atoms with E-state index in [2.05, 4.69) is 31.8 Å². The van der Waals surface area contributed by atoms with Crippen LogP contribution in [-0.2, 0) is 11.4 Å². The summed E-state index contributed by atoms with van der Waals surface area (Å²) < 4.78 is 6.61. The van der Waals surface area contributed by atoms with Crippen molar-refractivity contribution in [3.05, 3.63) is 98.5 Å². The number of nitrogens with one attached hydrogen (secondary N) is 2. The van der Waals surface area contributed by atoms with E-state index in [-0.39, 0.29) is 11.8 Å². The van der Waals surface area contributed by atoms with Gasteiger partial charge < -0.3 is 10.1 Å². The van der Waals surface area contributed by atoms with Crippen LogP contribution >= 0.6 is 27.5 Å². The molecule has 0 saturated carbocycles. The summed E-state index contributed by atoms with van der Waals surface area (Å²) in [5.74, 6) is -0.134. The number of carbonyl (C=O) groups excluding carboxylic acids is 2. The average Bonchev–Trinajstić information content (AvgIpc) is 2.83. The zero-order valence-electron chi connectivity index (χ0n) is 19.7. The van der Waals surface area contributed by atoms with Gasteiger partial charge in [0.1, 0.15) is 18.4 Å². The van der Waals surface area contributed by atoms with E-state index < -0.39 is 11.9 Å². The number of hydrogen-bond acceptors (Lipinski definition) is 4. The Hall–Kier alpha value is -3.16. The van der Waals surface area contributed by atoms with Crippen molar-refractivity contribution < 1.29 is 14.3 Å². The van der Waals surface area contributed by atoms with Crippen molar-refractivity contribution >= 4 is 45.6 Å². The molecule has 6 nitrogen and oxygen atoms in total. The van der Waals surface area contributed by atoms with Gasteiger partial charge in [-0.05, 0) is 82.4 Å². The van der Waals surface area contributed by atoms with Gasteiger partial charge in [0.25, 0.3) is 11.8 Å². The number of nitrogens with zero attached hydrogens (tertiary/aromatic N) is 1. The van der Waals surface area contributed by atoms with Crippen molar-refractivity contribution in [3.8, 4) is 5.75 Å². The molecular weight excluding hydrogens is 530 g/mol. The van der Waals surface area contributed by atoms with E-state index in [0.29, 0.717) is 22.9 Å². The Morgan fingerprint density at radius 2 is 1.74 bits per heavy atom. The molecule has 8 heteroatoms. The highest BCUT2D eigenvalue weighted by Crippen LogP contribution is 2.26. The Bertz CT molecular complexity index is 1200. The van der Waals surface area contributed by atoms with Crippen LogP contribution in [0, 0.1) is 12.8 Å². The Morgan fingerprint density at radius 3 is 2.37 bits per heavy atom. The molecule has 3 rings (SSSR count). The standard InChI is InChI=1S/C27H27BrClN3O3/c1-17(2)25(31-26(33)21-9-4-18(3)5-10-21)27(34)32-30-15-20-8-13-24(23(28)14-20)35-16-19-6-11-22(29)12-7-19/h4-15,17,25H,16H2,1-3H3,(H,31,33)(H,32,34)/b30-15-. The van der Waals surface area contributed by atoms with Gasteiger partial charge in [-0.3, -0.25) is 9.59 Å². The molecule has 0 bridgehead atoms. The number of amides is 2. The predicted octanol–water partition coefficient (Wildman–Crippen LogP) is 5.89. The molecule has 2 N–H and O–H groups in total. The fourth-order valence-corrected chi connectivity index (χ4v) is 3.80. The minimum atomic E-state index is -0.726. The summed E-state index contributed by atoms with van der Waals surface area (Å²) in [4.78, 5) is 25.2. The Kier molecular flexibility index (Phi) is 9.46. The van der Waals surface area contributed by atoms with Crippen molar-refractivity contribution in [3.63, 3.8) is 0 Å².